The quantitative estimate of drug-likeness (QED) is 0.833. The molecule has 5 nitrogen and oxygen atoms in total. The Balaban J connectivity index is 1.75. The van der Waals surface area contributed by atoms with Gasteiger partial charge in [0.05, 0.1) is 17.9 Å². The van der Waals surface area contributed by atoms with Gasteiger partial charge in [0.2, 0.25) is 5.91 Å². The SMILES string of the molecule is CCCCCN1CC(=O)NC1c1csc(-c2ccccn2)n1. The maximum atomic E-state index is 11.8. The minimum absolute atomic E-state index is 0.0777. The van der Waals surface area contributed by atoms with Gasteiger partial charge in [-0.15, -0.1) is 11.3 Å². The van der Waals surface area contributed by atoms with Crippen molar-refractivity contribution >= 4 is 17.2 Å². The number of unbranched alkanes of at least 4 members (excludes halogenated alkanes) is 2. The summed E-state index contributed by atoms with van der Waals surface area (Å²) in [5.74, 6) is 0.0777. The monoisotopic (exact) mass is 316 g/mol. The lowest BCUT2D eigenvalue weighted by atomic mass is 10.2. The first kappa shape index (κ1) is 15.1. The molecule has 0 aliphatic carbocycles. The van der Waals surface area contributed by atoms with E-state index in [1.807, 2.05) is 23.6 Å². The number of thiazole rings is 1. The number of aromatic nitrogens is 2. The molecule has 0 saturated carbocycles. The van der Waals surface area contributed by atoms with E-state index in [1.165, 1.54) is 12.8 Å². The lowest BCUT2D eigenvalue weighted by molar-refractivity contribution is -0.118. The number of nitrogens with zero attached hydrogens (tertiary/aromatic N) is 3. The summed E-state index contributed by atoms with van der Waals surface area (Å²) in [6.45, 7) is 3.57. The molecule has 2 aromatic heterocycles. The molecule has 3 heterocycles. The highest BCUT2D eigenvalue weighted by Crippen LogP contribution is 2.28. The fourth-order valence-electron chi connectivity index (χ4n) is 2.62. The van der Waals surface area contributed by atoms with Crippen LogP contribution in [0.4, 0.5) is 0 Å². The second-order valence-corrected chi connectivity index (χ2v) is 6.30. The summed E-state index contributed by atoms with van der Waals surface area (Å²) < 4.78 is 0. The van der Waals surface area contributed by atoms with Crippen molar-refractivity contribution in [1.29, 1.82) is 0 Å². The predicted molar refractivity (Wildman–Crippen MR) is 87.3 cm³/mol. The summed E-state index contributed by atoms with van der Waals surface area (Å²) in [5, 5.41) is 5.94. The van der Waals surface area contributed by atoms with E-state index in [2.05, 4.69) is 27.1 Å². The molecule has 0 bridgehead atoms. The lowest BCUT2D eigenvalue weighted by Gasteiger charge is -2.21. The Morgan fingerprint density at radius 1 is 1.41 bits per heavy atom. The van der Waals surface area contributed by atoms with Crippen molar-refractivity contribution in [2.24, 2.45) is 0 Å². The molecule has 0 aromatic carbocycles. The molecule has 1 unspecified atom stereocenters. The molecule has 1 fully saturated rings. The molecule has 2 aromatic rings. The third-order valence-corrected chi connectivity index (χ3v) is 4.63. The third-order valence-electron chi connectivity index (χ3n) is 3.74. The number of pyridine rings is 1. The molecule has 0 spiro atoms. The largest absolute Gasteiger partial charge is 0.334 e. The second kappa shape index (κ2) is 6.98. The van der Waals surface area contributed by atoms with Crippen LogP contribution in [0.2, 0.25) is 0 Å². The number of rotatable bonds is 6. The maximum absolute atomic E-state index is 11.8. The van der Waals surface area contributed by atoms with Crippen LogP contribution in [0.15, 0.2) is 29.8 Å². The average Bonchev–Trinajstić information content (AvgIpc) is 3.15. The second-order valence-electron chi connectivity index (χ2n) is 5.44. The summed E-state index contributed by atoms with van der Waals surface area (Å²) in [4.78, 5) is 22.9. The Morgan fingerprint density at radius 2 is 2.32 bits per heavy atom. The first-order valence-electron chi connectivity index (χ1n) is 7.68. The standard InChI is InChI=1S/C16H20N4OS/c1-2-3-6-9-20-10-14(21)19-15(20)13-11-22-16(18-13)12-7-4-5-8-17-12/h4-5,7-8,11,15H,2-3,6,9-10H2,1H3,(H,19,21). The number of hydrogen-bond donors (Lipinski definition) is 1. The van der Waals surface area contributed by atoms with Crippen LogP contribution < -0.4 is 5.32 Å². The number of carbonyl (C=O) groups is 1. The number of nitrogens with one attached hydrogen (secondary N) is 1. The minimum atomic E-state index is -0.0990. The van der Waals surface area contributed by atoms with E-state index in [-0.39, 0.29) is 12.1 Å². The van der Waals surface area contributed by atoms with Crippen molar-refractivity contribution < 1.29 is 4.79 Å². The molecule has 116 valence electrons. The summed E-state index contributed by atoms with van der Waals surface area (Å²) in [6, 6.07) is 5.80. The van der Waals surface area contributed by atoms with Crippen molar-refractivity contribution in [3.63, 3.8) is 0 Å². The topological polar surface area (TPSA) is 58.1 Å². The van der Waals surface area contributed by atoms with Crippen LogP contribution in [0.3, 0.4) is 0 Å². The molecular weight excluding hydrogens is 296 g/mol. The highest BCUT2D eigenvalue weighted by Gasteiger charge is 2.32. The van der Waals surface area contributed by atoms with Crippen LogP contribution in [0, 0.1) is 0 Å². The average molecular weight is 316 g/mol. The van der Waals surface area contributed by atoms with Crippen molar-refractivity contribution in [2.45, 2.75) is 32.4 Å². The van der Waals surface area contributed by atoms with Crippen LogP contribution in [-0.4, -0.2) is 33.9 Å². The van der Waals surface area contributed by atoms with Gasteiger partial charge in [0.1, 0.15) is 11.2 Å². The molecule has 0 radical (unpaired) electrons. The Morgan fingerprint density at radius 3 is 3.09 bits per heavy atom. The first-order chi connectivity index (χ1) is 10.8. The normalized spacial score (nSPS) is 18.6. The first-order valence-corrected chi connectivity index (χ1v) is 8.56. The minimum Gasteiger partial charge on any atom is -0.334 e. The van der Waals surface area contributed by atoms with Gasteiger partial charge < -0.3 is 5.32 Å². The lowest BCUT2D eigenvalue weighted by Crippen LogP contribution is -2.28. The van der Waals surface area contributed by atoms with Gasteiger partial charge in [0.15, 0.2) is 0 Å². The summed E-state index contributed by atoms with van der Waals surface area (Å²) in [7, 11) is 0. The van der Waals surface area contributed by atoms with E-state index in [4.69, 9.17) is 0 Å². The molecule has 22 heavy (non-hydrogen) atoms. The molecule has 1 aliphatic rings. The van der Waals surface area contributed by atoms with Crippen LogP contribution in [0.25, 0.3) is 10.7 Å². The zero-order chi connectivity index (χ0) is 15.4. The van der Waals surface area contributed by atoms with Crippen molar-refractivity contribution in [3.05, 3.63) is 35.5 Å². The van der Waals surface area contributed by atoms with E-state index in [0.29, 0.717) is 6.54 Å². The Kier molecular flexibility index (Phi) is 4.80. The number of carbonyl (C=O) groups excluding carboxylic acids is 1. The maximum Gasteiger partial charge on any atom is 0.235 e. The predicted octanol–water partition coefficient (Wildman–Crippen LogP) is 2.83. The molecule has 1 saturated heterocycles. The van der Waals surface area contributed by atoms with E-state index in [0.717, 1.165) is 29.4 Å². The Hall–Kier alpha value is -1.79. The van der Waals surface area contributed by atoms with Gasteiger partial charge in [-0.3, -0.25) is 14.7 Å². The molecule has 1 amide bonds. The highest BCUT2D eigenvalue weighted by molar-refractivity contribution is 7.13. The number of hydrogen-bond acceptors (Lipinski definition) is 5. The third kappa shape index (κ3) is 3.34. The van der Waals surface area contributed by atoms with Gasteiger partial charge in [0, 0.05) is 18.1 Å². The smallest absolute Gasteiger partial charge is 0.235 e. The van der Waals surface area contributed by atoms with Crippen LogP contribution in [0.1, 0.15) is 38.0 Å². The Bertz CT molecular complexity index is 628. The van der Waals surface area contributed by atoms with Gasteiger partial charge in [-0.05, 0) is 18.6 Å². The summed E-state index contributed by atoms with van der Waals surface area (Å²) in [5.41, 5.74) is 1.79. The summed E-state index contributed by atoms with van der Waals surface area (Å²) in [6.07, 6.45) is 5.15. The summed E-state index contributed by atoms with van der Waals surface area (Å²) >= 11 is 1.57. The molecule has 1 aliphatic heterocycles. The molecule has 1 N–H and O–H groups in total. The van der Waals surface area contributed by atoms with Gasteiger partial charge in [-0.2, -0.15) is 0 Å². The zero-order valence-corrected chi connectivity index (χ0v) is 13.5. The zero-order valence-electron chi connectivity index (χ0n) is 12.7. The van der Waals surface area contributed by atoms with Crippen molar-refractivity contribution in [3.8, 4) is 10.7 Å². The van der Waals surface area contributed by atoms with Crippen molar-refractivity contribution in [2.75, 3.05) is 13.1 Å². The van der Waals surface area contributed by atoms with Crippen LogP contribution in [-0.2, 0) is 4.79 Å². The highest BCUT2D eigenvalue weighted by atomic mass is 32.1. The fourth-order valence-corrected chi connectivity index (χ4v) is 3.43. The van der Waals surface area contributed by atoms with Gasteiger partial charge in [-0.25, -0.2) is 4.98 Å². The van der Waals surface area contributed by atoms with Crippen LogP contribution in [0.5, 0.6) is 0 Å². The van der Waals surface area contributed by atoms with Crippen LogP contribution >= 0.6 is 11.3 Å². The molecule has 6 heteroatoms. The van der Waals surface area contributed by atoms with E-state index in [9.17, 15) is 4.79 Å². The van der Waals surface area contributed by atoms with Gasteiger partial charge in [-0.1, -0.05) is 25.8 Å². The van der Waals surface area contributed by atoms with E-state index < -0.39 is 0 Å². The van der Waals surface area contributed by atoms with Gasteiger partial charge in [0.25, 0.3) is 0 Å². The fraction of sp³-hybridized carbons (Fsp3) is 0.438. The Labute approximate surface area is 134 Å². The van der Waals surface area contributed by atoms with E-state index in [1.54, 1.807) is 17.5 Å². The molecular formula is C16H20N4OS. The van der Waals surface area contributed by atoms with Gasteiger partial charge >= 0.3 is 0 Å². The molecule has 1 atom stereocenters. The van der Waals surface area contributed by atoms with Crippen molar-refractivity contribution in [1.82, 2.24) is 20.2 Å². The number of amides is 1. The van der Waals surface area contributed by atoms with E-state index >= 15 is 0 Å². The molecule has 3 rings (SSSR count).